The minimum Gasteiger partial charge on any atom is -0.485 e. The van der Waals surface area contributed by atoms with Crippen LogP contribution >= 0.6 is 0 Å². The molecule has 10 heteroatoms. The molecular formula is C28H23FN2O7. The van der Waals surface area contributed by atoms with Gasteiger partial charge in [0.1, 0.15) is 23.5 Å². The summed E-state index contributed by atoms with van der Waals surface area (Å²) in [6, 6.07) is 15.0. The number of carboxylic acid groups (broad SMARTS) is 1. The van der Waals surface area contributed by atoms with Crippen LogP contribution in [0.5, 0.6) is 11.5 Å². The lowest BCUT2D eigenvalue weighted by Crippen LogP contribution is -2.41. The number of aliphatic carboxylic acids is 1. The van der Waals surface area contributed by atoms with Crippen LogP contribution in [0.2, 0.25) is 0 Å². The summed E-state index contributed by atoms with van der Waals surface area (Å²) in [5.41, 5.74) is 1.24. The fourth-order valence-electron chi connectivity index (χ4n) is 4.37. The van der Waals surface area contributed by atoms with Gasteiger partial charge in [-0.05, 0) is 30.2 Å². The van der Waals surface area contributed by atoms with Crippen LogP contribution in [-0.2, 0) is 29.1 Å². The number of ether oxygens (including phenoxy) is 3. The summed E-state index contributed by atoms with van der Waals surface area (Å²) in [5, 5.41) is 9.73. The van der Waals surface area contributed by atoms with E-state index in [2.05, 4.69) is 4.98 Å². The molecular weight excluding hydrogens is 495 g/mol. The largest absolute Gasteiger partial charge is 0.485 e. The van der Waals surface area contributed by atoms with E-state index in [1.54, 1.807) is 19.1 Å². The topological polar surface area (TPSA) is 117 Å². The Labute approximate surface area is 216 Å². The molecule has 0 saturated heterocycles. The number of benzene rings is 2. The standard InChI is InChI=1S/C28H23FN2O7/c1-2-36-28(35)21-25(37-15-17-6-4-3-5-7-17)22-23-24(38-20(27(33)34)14-31(23)26(21)32)18(13-30-22)12-16-8-10-19(29)11-9-16/h3-11,13,20H,2,12,14-15H2,1H3,(H,33,34)/t20-/m0/s1. The van der Waals surface area contributed by atoms with Gasteiger partial charge in [-0.2, -0.15) is 0 Å². The Morgan fingerprint density at radius 1 is 1.13 bits per heavy atom. The molecule has 0 saturated carbocycles. The second-order valence-electron chi connectivity index (χ2n) is 8.67. The lowest BCUT2D eigenvalue weighted by atomic mass is 10.0. The highest BCUT2D eigenvalue weighted by molar-refractivity contribution is 6.00. The van der Waals surface area contributed by atoms with Crippen molar-refractivity contribution in [1.29, 1.82) is 0 Å². The van der Waals surface area contributed by atoms with E-state index in [0.29, 0.717) is 5.56 Å². The first-order chi connectivity index (χ1) is 18.4. The maximum absolute atomic E-state index is 13.7. The number of pyridine rings is 2. The molecule has 0 spiro atoms. The molecule has 0 radical (unpaired) electrons. The van der Waals surface area contributed by atoms with Gasteiger partial charge in [-0.1, -0.05) is 42.5 Å². The van der Waals surface area contributed by atoms with E-state index in [9.17, 15) is 23.9 Å². The number of halogens is 1. The molecule has 4 aromatic rings. The average molecular weight is 518 g/mol. The zero-order chi connectivity index (χ0) is 26.8. The van der Waals surface area contributed by atoms with Crippen LogP contribution in [0.1, 0.15) is 34.0 Å². The third-order valence-corrected chi connectivity index (χ3v) is 6.15. The zero-order valence-corrected chi connectivity index (χ0v) is 20.3. The number of carbonyl (C=O) groups excluding carboxylic acids is 1. The number of aromatic nitrogens is 2. The van der Waals surface area contributed by atoms with Crippen LogP contribution in [0, 0.1) is 5.82 Å². The molecule has 0 aliphatic carbocycles. The van der Waals surface area contributed by atoms with Crippen LogP contribution in [0.25, 0.3) is 11.0 Å². The van der Waals surface area contributed by atoms with Gasteiger partial charge in [0.15, 0.2) is 17.1 Å². The van der Waals surface area contributed by atoms with Gasteiger partial charge in [0.05, 0.1) is 13.2 Å². The summed E-state index contributed by atoms with van der Waals surface area (Å²) < 4.78 is 31.6. The molecule has 0 unspecified atom stereocenters. The Bertz CT molecular complexity index is 1580. The van der Waals surface area contributed by atoms with Crippen molar-refractivity contribution in [3.63, 3.8) is 0 Å². The van der Waals surface area contributed by atoms with Gasteiger partial charge < -0.3 is 19.3 Å². The van der Waals surface area contributed by atoms with E-state index in [-0.39, 0.29) is 54.3 Å². The van der Waals surface area contributed by atoms with Gasteiger partial charge in [0.25, 0.3) is 5.56 Å². The van der Waals surface area contributed by atoms with E-state index in [1.165, 1.54) is 22.9 Å². The van der Waals surface area contributed by atoms with E-state index in [0.717, 1.165) is 11.1 Å². The van der Waals surface area contributed by atoms with E-state index >= 15 is 0 Å². The number of hydrogen-bond donors (Lipinski definition) is 1. The fraction of sp³-hybridized carbons (Fsp3) is 0.214. The maximum Gasteiger partial charge on any atom is 0.347 e. The smallest absolute Gasteiger partial charge is 0.347 e. The number of rotatable bonds is 8. The SMILES string of the molecule is CCOC(=O)c1c(OCc2ccccc2)c2ncc(Cc3ccc(F)cc3)c3c2n(c1=O)C[C@@H](C(=O)O)O3. The molecule has 5 rings (SSSR count). The molecule has 0 bridgehead atoms. The first-order valence-corrected chi connectivity index (χ1v) is 11.9. The molecule has 1 atom stereocenters. The Kier molecular flexibility index (Phi) is 6.78. The van der Waals surface area contributed by atoms with Gasteiger partial charge in [-0.15, -0.1) is 0 Å². The Balaban J connectivity index is 1.72. The zero-order valence-electron chi connectivity index (χ0n) is 20.3. The molecule has 194 valence electrons. The minimum absolute atomic E-state index is 0.0184. The average Bonchev–Trinajstić information content (AvgIpc) is 2.92. The highest BCUT2D eigenvalue weighted by atomic mass is 19.1. The van der Waals surface area contributed by atoms with Crippen LogP contribution < -0.4 is 15.0 Å². The molecule has 2 aromatic carbocycles. The highest BCUT2D eigenvalue weighted by Gasteiger charge is 2.35. The number of carbonyl (C=O) groups is 2. The lowest BCUT2D eigenvalue weighted by molar-refractivity contribution is -0.146. The lowest BCUT2D eigenvalue weighted by Gasteiger charge is -2.28. The molecule has 1 aliphatic rings. The van der Waals surface area contributed by atoms with Crippen molar-refractivity contribution in [2.75, 3.05) is 6.61 Å². The summed E-state index contributed by atoms with van der Waals surface area (Å²) in [6.07, 6.45) is 0.326. The van der Waals surface area contributed by atoms with Gasteiger partial charge in [0, 0.05) is 18.2 Å². The Morgan fingerprint density at radius 3 is 2.55 bits per heavy atom. The first kappa shape index (κ1) is 24.9. The summed E-state index contributed by atoms with van der Waals surface area (Å²) in [6.45, 7) is 1.32. The molecule has 3 heterocycles. The number of esters is 1. The molecule has 9 nitrogen and oxygen atoms in total. The van der Waals surface area contributed by atoms with Crippen LogP contribution in [0.4, 0.5) is 4.39 Å². The van der Waals surface area contributed by atoms with Crippen molar-refractivity contribution >= 4 is 23.0 Å². The second-order valence-corrected chi connectivity index (χ2v) is 8.67. The van der Waals surface area contributed by atoms with Crippen molar-refractivity contribution in [2.24, 2.45) is 0 Å². The predicted octanol–water partition coefficient (Wildman–Crippen LogP) is 3.73. The predicted molar refractivity (Wildman–Crippen MR) is 134 cm³/mol. The summed E-state index contributed by atoms with van der Waals surface area (Å²) in [4.78, 5) is 43.1. The molecule has 38 heavy (non-hydrogen) atoms. The number of hydrogen-bond acceptors (Lipinski definition) is 7. The summed E-state index contributed by atoms with van der Waals surface area (Å²) in [5.74, 6) is -2.51. The molecule has 1 aliphatic heterocycles. The molecule has 1 N–H and O–H groups in total. The summed E-state index contributed by atoms with van der Waals surface area (Å²) >= 11 is 0. The van der Waals surface area contributed by atoms with E-state index < -0.39 is 29.4 Å². The first-order valence-electron chi connectivity index (χ1n) is 11.9. The van der Waals surface area contributed by atoms with Gasteiger partial charge in [0.2, 0.25) is 6.10 Å². The number of nitrogens with zero attached hydrogens (tertiary/aromatic N) is 2. The van der Waals surface area contributed by atoms with Crippen molar-refractivity contribution < 1.29 is 33.3 Å². The van der Waals surface area contributed by atoms with E-state index in [1.807, 2.05) is 30.3 Å². The van der Waals surface area contributed by atoms with Gasteiger partial charge >= 0.3 is 11.9 Å². The van der Waals surface area contributed by atoms with Crippen molar-refractivity contribution in [3.05, 3.63) is 99.2 Å². The molecule has 0 fully saturated rings. The second kappa shape index (κ2) is 10.3. The Hall–Kier alpha value is -4.73. The van der Waals surface area contributed by atoms with Crippen LogP contribution in [0.3, 0.4) is 0 Å². The quantitative estimate of drug-likeness (QED) is 0.351. The Morgan fingerprint density at radius 2 is 1.87 bits per heavy atom. The maximum atomic E-state index is 13.7. The third-order valence-electron chi connectivity index (χ3n) is 6.15. The highest BCUT2D eigenvalue weighted by Crippen LogP contribution is 2.38. The van der Waals surface area contributed by atoms with Crippen molar-refractivity contribution in [2.45, 2.75) is 32.6 Å². The molecule has 2 aromatic heterocycles. The van der Waals surface area contributed by atoms with E-state index in [4.69, 9.17) is 14.2 Å². The van der Waals surface area contributed by atoms with Crippen molar-refractivity contribution in [3.8, 4) is 11.5 Å². The van der Waals surface area contributed by atoms with Gasteiger partial charge in [-0.25, -0.2) is 14.0 Å². The summed E-state index contributed by atoms with van der Waals surface area (Å²) in [7, 11) is 0. The van der Waals surface area contributed by atoms with Gasteiger partial charge in [-0.3, -0.25) is 14.3 Å². The number of carboxylic acids is 1. The fourth-order valence-corrected chi connectivity index (χ4v) is 4.37. The molecule has 0 amide bonds. The van der Waals surface area contributed by atoms with Crippen LogP contribution in [-0.4, -0.2) is 39.3 Å². The van der Waals surface area contributed by atoms with Crippen LogP contribution in [0.15, 0.2) is 65.6 Å². The normalized spacial score (nSPS) is 14.1. The monoisotopic (exact) mass is 518 g/mol. The van der Waals surface area contributed by atoms with Crippen molar-refractivity contribution in [1.82, 2.24) is 9.55 Å². The third kappa shape index (κ3) is 4.68. The minimum atomic E-state index is -1.39.